The average Bonchev–Trinajstić information content (AvgIpc) is 2.08. The molecule has 86 valence electrons. The topological polar surface area (TPSA) is 27.7 Å². The summed E-state index contributed by atoms with van der Waals surface area (Å²) in [6.07, 6.45) is 1.06. The molecule has 14 heavy (non-hydrogen) atoms. The highest BCUT2D eigenvalue weighted by molar-refractivity contribution is 4.57. The predicted molar refractivity (Wildman–Crippen MR) is 57.6 cm³/mol. The third-order valence-corrected chi connectivity index (χ3v) is 1.48. The molecule has 0 aromatic carbocycles. The van der Waals surface area contributed by atoms with Crippen LogP contribution in [0.25, 0.3) is 0 Å². The van der Waals surface area contributed by atoms with Crippen molar-refractivity contribution in [3.63, 3.8) is 0 Å². The van der Waals surface area contributed by atoms with Crippen molar-refractivity contribution in [3.8, 4) is 0 Å². The Labute approximate surface area is 87.7 Å². The highest BCUT2D eigenvalue weighted by atomic mass is 16.5. The standard InChI is InChI=1S/C11H24O3/c1-5-6-12-7-8-13-9-10-14-11(2,3)4/h5-10H2,1-4H3. The molecule has 0 aromatic rings. The van der Waals surface area contributed by atoms with Gasteiger partial charge < -0.3 is 14.2 Å². The molecular formula is C11H24O3. The fourth-order valence-corrected chi connectivity index (χ4v) is 0.873. The molecule has 0 saturated carbocycles. The molecule has 0 aromatic heterocycles. The van der Waals surface area contributed by atoms with Crippen LogP contribution in [0.4, 0.5) is 0 Å². The van der Waals surface area contributed by atoms with E-state index in [-0.39, 0.29) is 5.60 Å². The molecular weight excluding hydrogens is 180 g/mol. The number of hydrogen-bond donors (Lipinski definition) is 0. The molecule has 0 heterocycles. The maximum Gasteiger partial charge on any atom is 0.0707 e. The summed E-state index contributed by atoms with van der Waals surface area (Å²) in [6.45, 7) is 11.7. The first-order valence-electron chi connectivity index (χ1n) is 5.35. The predicted octanol–water partition coefficient (Wildman–Crippen LogP) is 2.24. The van der Waals surface area contributed by atoms with Gasteiger partial charge in [0.1, 0.15) is 0 Å². The van der Waals surface area contributed by atoms with E-state index >= 15 is 0 Å². The van der Waals surface area contributed by atoms with E-state index in [9.17, 15) is 0 Å². The number of rotatable bonds is 8. The summed E-state index contributed by atoms with van der Waals surface area (Å²) in [5, 5.41) is 0. The van der Waals surface area contributed by atoms with Gasteiger partial charge in [0.05, 0.1) is 32.0 Å². The van der Waals surface area contributed by atoms with Gasteiger partial charge in [-0.1, -0.05) is 6.92 Å². The van der Waals surface area contributed by atoms with Gasteiger partial charge in [0.2, 0.25) is 0 Å². The molecule has 0 amide bonds. The van der Waals surface area contributed by atoms with Crippen molar-refractivity contribution in [1.82, 2.24) is 0 Å². The summed E-state index contributed by atoms with van der Waals surface area (Å²) in [6, 6.07) is 0. The lowest BCUT2D eigenvalue weighted by Crippen LogP contribution is -2.22. The molecule has 0 bridgehead atoms. The SMILES string of the molecule is CCCOCCOCCOC(C)(C)C. The van der Waals surface area contributed by atoms with Gasteiger partial charge in [-0.25, -0.2) is 0 Å². The molecule has 3 heteroatoms. The lowest BCUT2D eigenvalue weighted by atomic mass is 10.2. The third-order valence-electron chi connectivity index (χ3n) is 1.48. The maximum absolute atomic E-state index is 5.49. The molecule has 0 spiro atoms. The van der Waals surface area contributed by atoms with Gasteiger partial charge >= 0.3 is 0 Å². The zero-order valence-electron chi connectivity index (χ0n) is 9.97. The summed E-state index contributed by atoms with van der Waals surface area (Å²) < 4.78 is 16.1. The van der Waals surface area contributed by atoms with Gasteiger partial charge in [-0.05, 0) is 27.2 Å². The van der Waals surface area contributed by atoms with Crippen molar-refractivity contribution < 1.29 is 14.2 Å². The van der Waals surface area contributed by atoms with E-state index in [2.05, 4.69) is 6.92 Å². The Balaban J connectivity index is 2.99. The van der Waals surface area contributed by atoms with Gasteiger partial charge in [0.25, 0.3) is 0 Å². The lowest BCUT2D eigenvalue weighted by molar-refractivity contribution is -0.0424. The van der Waals surface area contributed by atoms with Crippen LogP contribution in [-0.2, 0) is 14.2 Å². The molecule has 0 saturated heterocycles. The van der Waals surface area contributed by atoms with Crippen molar-refractivity contribution in [1.29, 1.82) is 0 Å². The third kappa shape index (κ3) is 11.9. The minimum Gasteiger partial charge on any atom is -0.379 e. The van der Waals surface area contributed by atoms with Gasteiger partial charge in [-0.2, -0.15) is 0 Å². The fraction of sp³-hybridized carbons (Fsp3) is 1.00. The van der Waals surface area contributed by atoms with E-state index in [1.165, 1.54) is 0 Å². The highest BCUT2D eigenvalue weighted by Crippen LogP contribution is 2.05. The molecule has 0 radical (unpaired) electrons. The summed E-state index contributed by atoms with van der Waals surface area (Å²) in [7, 11) is 0. The second kappa shape index (κ2) is 8.21. The summed E-state index contributed by atoms with van der Waals surface area (Å²) >= 11 is 0. The lowest BCUT2D eigenvalue weighted by Gasteiger charge is -2.19. The number of hydrogen-bond acceptors (Lipinski definition) is 3. The Kier molecular flexibility index (Phi) is 8.14. The Bertz CT molecular complexity index is 118. The largest absolute Gasteiger partial charge is 0.379 e. The Morgan fingerprint density at radius 3 is 1.79 bits per heavy atom. The molecule has 0 unspecified atom stereocenters. The van der Waals surface area contributed by atoms with E-state index in [0.29, 0.717) is 26.4 Å². The van der Waals surface area contributed by atoms with Crippen molar-refractivity contribution in [2.45, 2.75) is 39.7 Å². The van der Waals surface area contributed by atoms with Crippen molar-refractivity contribution in [2.75, 3.05) is 33.0 Å². The average molecular weight is 204 g/mol. The van der Waals surface area contributed by atoms with E-state index in [1.807, 2.05) is 20.8 Å². The second-order valence-corrected chi connectivity index (χ2v) is 4.19. The molecule has 0 aliphatic heterocycles. The van der Waals surface area contributed by atoms with E-state index in [0.717, 1.165) is 13.0 Å². The summed E-state index contributed by atoms with van der Waals surface area (Å²) in [5.41, 5.74) is -0.0674. The Morgan fingerprint density at radius 1 is 0.786 bits per heavy atom. The van der Waals surface area contributed by atoms with Gasteiger partial charge in [0, 0.05) is 6.61 Å². The van der Waals surface area contributed by atoms with Gasteiger partial charge in [0.15, 0.2) is 0 Å². The normalized spacial score (nSPS) is 12.0. The Morgan fingerprint density at radius 2 is 1.29 bits per heavy atom. The first-order valence-corrected chi connectivity index (χ1v) is 5.35. The molecule has 0 fully saturated rings. The van der Waals surface area contributed by atoms with E-state index < -0.39 is 0 Å². The molecule has 0 N–H and O–H groups in total. The molecule has 3 nitrogen and oxygen atoms in total. The summed E-state index contributed by atoms with van der Waals surface area (Å²) in [4.78, 5) is 0. The van der Waals surface area contributed by atoms with Crippen LogP contribution in [-0.4, -0.2) is 38.6 Å². The fourth-order valence-electron chi connectivity index (χ4n) is 0.873. The van der Waals surface area contributed by atoms with Crippen molar-refractivity contribution in [2.24, 2.45) is 0 Å². The van der Waals surface area contributed by atoms with Crippen molar-refractivity contribution >= 4 is 0 Å². The van der Waals surface area contributed by atoms with Crippen LogP contribution in [0.3, 0.4) is 0 Å². The van der Waals surface area contributed by atoms with Crippen LogP contribution in [0.15, 0.2) is 0 Å². The van der Waals surface area contributed by atoms with E-state index in [4.69, 9.17) is 14.2 Å². The highest BCUT2D eigenvalue weighted by Gasteiger charge is 2.08. The quantitative estimate of drug-likeness (QED) is 0.567. The van der Waals surface area contributed by atoms with E-state index in [1.54, 1.807) is 0 Å². The zero-order chi connectivity index (χ0) is 10.9. The van der Waals surface area contributed by atoms with Crippen LogP contribution in [0, 0.1) is 0 Å². The molecule has 0 aliphatic rings. The monoisotopic (exact) mass is 204 g/mol. The van der Waals surface area contributed by atoms with Crippen LogP contribution >= 0.6 is 0 Å². The molecule has 0 rings (SSSR count). The van der Waals surface area contributed by atoms with Crippen LogP contribution in [0.2, 0.25) is 0 Å². The van der Waals surface area contributed by atoms with Gasteiger partial charge in [-0.15, -0.1) is 0 Å². The minimum atomic E-state index is -0.0674. The zero-order valence-corrected chi connectivity index (χ0v) is 9.97. The van der Waals surface area contributed by atoms with Crippen LogP contribution in [0.5, 0.6) is 0 Å². The smallest absolute Gasteiger partial charge is 0.0707 e. The van der Waals surface area contributed by atoms with Gasteiger partial charge in [-0.3, -0.25) is 0 Å². The number of ether oxygens (including phenoxy) is 3. The second-order valence-electron chi connectivity index (χ2n) is 4.19. The maximum atomic E-state index is 5.49. The van der Waals surface area contributed by atoms with Crippen LogP contribution in [0.1, 0.15) is 34.1 Å². The first kappa shape index (κ1) is 13.9. The minimum absolute atomic E-state index is 0.0674. The molecule has 0 aliphatic carbocycles. The summed E-state index contributed by atoms with van der Waals surface area (Å²) in [5.74, 6) is 0. The Hall–Kier alpha value is -0.120. The molecule has 0 atom stereocenters. The first-order chi connectivity index (χ1) is 6.56. The van der Waals surface area contributed by atoms with Crippen molar-refractivity contribution in [3.05, 3.63) is 0 Å². The van der Waals surface area contributed by atoms with Crippen LogP contribution < -0.4 is 0 Å².